The van der Waals surface area contributed by atoms with Gasteiger partial charge in [0.2, 0.25) is 0 Å². The third kappa shape index (κ3) is 6.03. The van der Waals surface area contributed by atoms with Crippen molar-refractivity contribution < 1.29 is 19.0 Å². The third-order valence-electron chi connectivity index (χ3n) is 3.45. The third-order valence-corrected chi connectivity index (χ3v) is 3.45. The van der Waals surface area contributed by atoms with Crippen molar-refractivity contribution in [3.8, 4) is 17.2 Å². The highest BCUT2D eigenvalue weighted by atomic mass is 16.5. The van der Waals surface area contributed by atoms with Gasteiger partial charge in [-0.25, -0.2) is 0 Å². The first-order valence-corrected chi connectivity index (χ1v) is 8.32. The van der Waals surface area contributed by atoms with Gasteiger partial charge in [0.05, 0.1) is 13.7 Å². The van der Waals surface area contributed by atoms with Crippen LogP contribution in [0, 0.1) is 5.92 Å². The second-order valence-electron chi connectivity index (χ2n) is 6.15. The minimum Gasteiger partial charge on any atom is -0.497 e. The lowest BCUT2D eigenvalue weighted by Crippen LogP contribution is -2.30. The number of nitrogens with one attached hydrogen (secondary N) is 1. The van der Waals surface area contributed by atoms with Gasteiger partial charge in [0.25, 0.3) is 5.91 Å². The summed E-state index contributed by atoms with van der Waals surface area (Å²) in [5.74, 6) is 2.39. The molecule has 0 aliphatic heterocycles. The molecular weight excluding hydrogens is 318 g/mol. The minimum atomic E-state index is -0.620. The first-order valence-electron chi connectivity index (χ1n) is 8.32. The molecule has 1 unspecified atom stereocenters. The number of ether oxygens (including phenoxy) is 3. The Labute approximate surface area is 148 Å². The molecule has 0 aromatic heterocycles. The smallest absolute Gasteiger partial charge is 0.265 e. The van der Waals surface area contributed by atoms with Crippen LogP contribution in [0.15, 0.2) is 48.5 Å². The van der Waals surface area contributed by atoms with Gasteiger partial charge in [-0.2, -0.15) is 0 Å². The van der Waals surface area contributed by atoms with Crippen LogP contribution in [0.4, 0.5) is 5.69 Å². The van der Waals surface area contributed by atoms with Gasteiger partial charge >= 0.3 is 0 Å². The lowest BCUT2D eigenvalue weighted by atomic mass is 10.2. The summed E-state index contributed by atoms with van der Waals surface area (Å²) in [4.78, 5) is 12.2. The molecule has 0 radical (unpaired) electrons. The summed E-state index contributed by atoms with van der Waals surface area (Å²) in [6, 6.07) is 14.4. The molecule has 2 aromatic carbocycles. The summed E-state index contributed by atoms with van der Waals surface area (Å²) in [5, 5.41) is 2.83. The van der Waals surface area contributed by atoms with Crippen LogP contribution in [0.2, 0.25) is 0 Å². The van der Waals surface area contributed by atoms with Gasteiger partial charge in [-0.1, -0.05) is 13.8 Å². The molecule has 0 fully saturated rings. The summed E-state index contributed by atoms with van der Waals surface area (Å²) in [6.45, 7) is 6.57. The molecule has 1 atom stereocenters. The summed E-state index contributed by atoms with van der Waals surface area (Å²) in [7, 11) is 1.60. The van der Waals surface area contributed by atoms with Crippen molar-refractivity contribution in [1.29, 1.82) is 0 Å². The normalized spacial score (nSPS) is 11.7. The van der Waals surface area contributed by atoms with Crippen LogP contribution in [0.3, 0.4) is 0 Å². The molecule has 0 heterocycles. The molecular formula is C20H25NO4. The monoisotopic (exact) mass is 343 g/mol. The second-order valence-corrected chi connectivity index (χ2v) is 6.15. The standard InChI is InChI=1S/C20H25NO4/c1-14(2)13-24-18-7-5-16(6-8-18)21-20(22)15(3)25-19-11-9-17(23-4)10-12-19/h5-12,14-15H,13H2,1-4H3,(H,21,22). The van der Waals surface area contributed by atoms with Crippen LogP contribution in [0.25, 0.3) is 0 Å². The number of hydrogen-bond donors (Lipinski definition) is 1. The zero-order valence-corrected chi connectivity index (χ0v) is 15.1. The Kier molecular flexibility index (Phi) is 6.69. The van der Waals surface area contributed by atoms with E-state index in [1.54, 1.807) is 38.3 Å². The maximum Gasteiger partial charge on any atom is 0.265 e. The number of benzene rings is 2. The SMILES string of the molecule is COc1ccc(OC(C)C(=O)Nc2ccc(OCC(C)C)cc2)cc1. The van der Waals surface area contributed by atoms with E-state index in [1.807, 2.05) is 24.3 Å². The number of methoxy groups -OCH3 is 1. The van der Waals surface area contributed by atoms with E-state index >= 15 is 0 Å². The number of carbonyl (C=O) groups excluding carboxylic acids is 1. The maximum atomic E-state index is 12.2. The fourth-order valence-electron chi connectivity index (χ4n) is 2.05. The highest BCUT2D eigenvalue weighted by molar-refractivity contribution is 5.94. The summed E-state index contributed by atoms with van der Waals surface area (Å²) < 4.78 is 16.4. The molecule has 134 valence electrons. The Morgan fingerprint density at radius 2 is 1.48 bits per heavy atom. The van der Waals surface area contributed by atoms with E-state index in [4.69, 9.17) is 14.2 Å². The van der Waals surface area contributed by atoms with Gasteiger partial charge < -0.3 is 19.5 Å². The first kappa shape index (κ1) is 18.6. The predicted molar refractivity (Wildman–Crippen MR) is 98.5 cm³/mol. The average molecular weight is 343 g/mol. The number of anilines is 1. The Morgan fingerprint density at radius 3 is 2.04 bits per heavy atom. The number of hydrogen-bond acceptors (Lipinski definition) is 4. The van der Waals surface area contributed by atoms with Gasteiger partial charge in [0.15, 0.2) is 6.10 Å². The Bertz CT molecular complexity index is 665. The van der Waals surface area contributed by atoms with E-state index in [1.165, 1.54) is 0 Å². The van der Waals surface area contributed by atoms with Crippen LogP contribution < -0.4 is 19.5 Å². The fraction of sp³-hybridized carbons (Fsp3) is 0.350. The highest BCUT2D eigenvalue weighted by Crippen LogP contribution is 2.19. The van der Waals surface area contributed by atoms with Gasteiger partial charge in [-0.15, -0.1) is 0 Å². The van der Waals surface area contributed by atoms with E-state index in [0.717, 1.165) is 11.5 Å². The number of rotatable bonds is 8. The lowest BCUT2D eigenvalue weighted by Gasteiger charge is -2.15. The molecule has 2 aromatic rings. The van der Waals surface area contributed by atoms with Crippen molar-refractivity contribution in [3.63, 3.8) is 0 Å². The Balaban J connectivity index is 1.87. The molecule has 0 spiro atoms. The van der Waals surface area contributed by atoms with Gasteiger partial charge in [0, 0.05) is 5.69 Å². The van der Waals surface area contributed by atoms with E-state index in [-0.39, 0.29) is 5.91 Å². The van der Waals surface area contributed by atoms with E-state index in [2.05, 4.69) is 19.2 Å². The number of amides is 1. The molecule has 0 saturated heterocycles. The van der Waals surface area contributed by atoms with Crippen molar-refractivity contribution in [2.45, 2.75) is 26.9 Å². The molecule has 1 N–H and O–H groups in total. The van der Waals surface area contributed by atoms with Crippen molar-refractivity contribution in [2.75, 3.05) is 19.0 Å². The summed E-state index contributed by atoms with van der Waals surface area (Å²) in [6.07, 6.45) is -0.620. The Hall–Kier alpha value is -2.69. The van der Waals surface area contributed by atoms with Crippen LogP contribution >= 0.6 is 0 Å². The second kappa shape index (κ2) is 8.97. The molecule has 0 aliphatic rings. The van der Waals surface area contributed by atoms with Gasteiger partial charge in [0.1, 0.15) is 17.2 Å². The van der Waals surface area contributed by atoms with E-state index in [9.17, 15) is 4.79 Å². The number of carbonyl (C=O) groups is 1. The fourth-order valence-corrected chi connectivity index (χ4v) is 2.05. The summed E-state index contributed by atoms with van der Waals surface area (Å²) >= 11 is 0. The van der Waals surface area contributed by atoms with Crippen LogP contribution in [0.5, 0.6) is 17.2 Å². The van der Waals surface area contributed by atoms with Crippen molar-refractivity contribution in [1.82, 2.24) is 0 Å². The first-order chi connectivity index (χ1) is 12.0. The van der Waals surface area contributed by atoms with Gasteiger partial charge in [-0.3, -0.25) is 4.79 Å². The topological polar surface area (TPSA) is 56.8 Å². The van der Waals surface area contributed by atoms with Gasteiger partial charge in [-0.05, 0) is 61.4 Å². The summed E-state index contributed by atoms with van der Waals surface area (Å²) in [5.41, 5.74) is 0.701. The quantitative estimate of drug-likeness (QED) is 0.783. The molecule has 25 heavy (non-hydrogen) atoms. The molecule has 0 aliphatic carbocycles. The van der Waals surface area contributed by atoms with Crippen molar-refractivity contribution in [3.05, 3.63) is 48.5 Å². The average Bonchev–Trinajstić information content (AvgIpc) is 2.61. The van der Waals surface area contributed by atoms with Crippen LogP contribution in [0.1, 0.15) is 20.8 Å². The predicted octanol–water partition coefficient (Wildman–Crippen LogP) is 4.14. The molecule has 5 nitrogen and oxygen atoms in total. The lowest BCUT2D eigenvalue weighted by molar-refractivity contribution is -0.122. The molecule has 1 amide bonds. The molecule has 5 heteroatoms. The Morgan fingerprint density at radius 1 is 0.920 bits per heavy atom. The van der Waals surface area contributed by atoms with Crippen LogP contribution in [-0.4, -0.2) is 25.7 Å². The minimum absolute atomic E-state index is 0.216. The maximum absolute atomic E-state index is 12.2. The zero-order chi connectivity index (χ0) is 18.2. The van der Waals surface area contributed by atoms with E-state index in [0.29, 0.717) is 24.0 Å². The molecule has 0 saturated carbocycles. The highest BCUT2D eigenvalue weighted by Gasteiger charge is 2.15. The van der Waals surface area contributed by atoms with Crippen molar-refractivity contribution in [2.24, 2.45) is 5.92 Å². The van der Waals surface area contributed by atoms with Crippen molar-refractivity contribution >= 4 is 11.6 Å². The zero-order valence-electron chi connectivity index (χ0n) is 15.1. The largest absolute Gasteiger partial charge is 0.497 e. The molecule has 0 bridgehead atoms. The molecule has 2 rings (SSSR count). The van der Waals surface area contributed by atoms with Crippen LogP contribution in [-0.2, 0) is 4.79 Å². The van der Waals surface area contributed by atoms with E-state index < -0.39 is 6.10 Å².